The van der Waals surface area contributed by atoms with Crippen LogP contribution in [0.3, 0.4) is 0 Å². The number of nitrogens with zero attached hydrogens (tertiary/aromatic N) is 1. The van der Waals surface area contributed by atoms with E-state index in [1.54, 1.807) is 24.3 Å². The number of nitrogens with two attached hydrogens (primary N) is 1. The van der Waals surface area contributed by atoms with Crippen LogP contribution in [0.2, 0.25) is 5.02 Å². The van der Waals surface area contributed by atoms with Crippen LogP contribution in [-0.2, 0) is 6.61 Å². The number of ether oxygens (including phenoxy) is 3. The van der Waals surface area contributed by atoms with E-state index in [9.17, 15) is 10.1 Å². The Morgan fingerprint density at radius 2 is 1.89 bits per heavy atom. The number of halogens is 1. The molecule has 8 heteroatoms. The number of fused-ring (bicyclic) bond motifs is 1. The van der Waals surface area contributed by atoms with Gasteiger partial charge in [0.1, 0.15) is 35.5 Å². The van der Waals surface area contributed by atoms with E-state index in [1.807, 2.05) is 48.5 Å². The SMILES string of the molecule is N#CC1=C(N)Oc2cc(OC(=O)c3ccco3)ccc2C1c1cccc(OCc2ccccc2Cl)c1. The van der Waals surface area contributed by atoms with Crippen LogP contribution in [-0.4, -0.2) is 5.97 Å². The van der Waals surface area contributed by atoms with Gasteiger partial charge in [-0.1, -0.05) is 48.0 Å². The van der Waals surface area contributed by atoms with Crippen molar-refractivity contribution in [1.82, 2.24) is 0 Å². The fourth-order valence-corrected chi connectivity index (χ4v) is 4.14. The molecule has 1 aliphatic heterocycles. The molecule has 0 spiro atoms. The number of allylic oxidation sites excluding steroid dienone is 1. The van der Waals surface area contributed by atoms with Crippen molar-refractivity contribution in [3.05, 3.63) is 124 Å². The molecular weight excluding hydrogens is 480 g/mol. The predicted octanol–water partition coefficient (Wildman–Crippen LogP) is 5.95. The van der Waals surface area contributed by atoms with Crippen LogP contribution >= 0.6 is 11.6 Å². The Morgan fingerprint density at radius 1 is 1.03 bits per heavy atom. The highest BCUT2D eigenvalue weighted by atomic mass is 35.5. The summed E-state index contributed by atoms with van der Waals surface area (Å²) < 4.78 is 22.2. The molecule has 3 aromatic carbocycles. The Kier molecular flexibility index (Phi) is 6.35. The van der Waals surface area contributed by atoms with E-state index in [2.05, 4.69) is 6.07 Å². The second-order valence-electron chi connectivity index (χ2n) is 7.94. The van der Waals surface area contributed by atoms with Gasteiger partial charge < -0.3 is 24.4 Å². The Morgan fingerprint density at radius 3 is 2.67 bits per heavy atom. The second-order valence-corrected chi connectivity index (χ2v) is 8.35. The Balaban J connectivity index is 1.44. The number of benzene rings is 3. The van der Waals surface area contributed by atoms with Crippen molar-refractivity contribution < 1.29 is 23.4 Å². The number of carbonyl (C=O) groups excluding carboxylic acids is 1. The smallest absolute Gasteiger partial charge is 0.379 e. The normalized spacial score (nSPS) is 14.4. The molecule has 1 unspecified atom stereocenters. The van der Waals surface area contributed by atoms with Crippen molar-refractivity contribution in [2.45, 2.75) is 12.5 Å². The molecule has 0 saturated heterocycles. The summed E-state index contributed by atoms with van der Waals surface area (Å²) in [6.45, 7) is 0.293. The summed E-state index contributed by atoms with van der Waals surface area (Å²) in [5.41, 5.74) is 8.73. The highest BCUT2D eigenvalue weighted by molar-refractivity contribution is 6.31. The minimum atomic E-state index is -0.642. The van der Waals surface area contributed by atoms with Crippen LogP contribution in [0.15, 0.2) is 101 Å². The number of furan rings is 1. The molecule has 36 heavy (non-hydrogen) atoms. The summed E-state index contributed by atoms with van der Waals surface area (Å²) in [4.78, 5) is 12.3. The molecule has 7 nitrogen and oxygen atoms in total. The fourth-order valence-electron chi connectivity index (χ4n) is 3.95. The van der Waals surface area contributed by atoms with Gasteiger partial charge in [-0.05, 0) is 42.0 Å². The topological polar surface area (TPSA) is 108 Å². The average molecular weight is 499 g/mol. The maximum atomic E-state index is 12.3. The fraction of sp³-hybridized carbons (Fsp3) is 0.0714. The van der Waals surface area contributed by atoms with Crippen molar-refractivity contribution in [3.63, 3.8) is 0 Å². The molecule has 0 radical (unpaired) electrons. The highest BCUT2D eigenvalue weighted by Gasteiger charge is 2.31. The van der Waals surface area contributed by atoms with Gasteiger partial charge in [0.25, 0.3) is 0 Å². The first-order chi connectivity index (χ1) is 17.5. The number of hydrogen-bond donors (Lipinski definition) is 1. The zero-order chi connectivity index (χ0) is 25.1. The van der Waals surface area contributed by atoms with E-state index in [4.69, 9.17) is 36.0 Å². The van der Waals surface area contributed by atoms with Crippen molar-refractivity contribution in [3.8, 4) is 23.3 Å². The van der Waals surface area contributed by atoms with Gasteiger partial charge in [0.2, 0.25) is 11.6 Å². The molecule has 2 heterocycles. The van der Waals surface area contributed by atoms with E-state index < -0.39 is 11.9 Å². The first-order valence-electron chi connectivity index (χ1n) is 11.0. The van der Waals surface area contributed by atoms with Crippen molar-refractivity contribution in [2.75, 3.05) is 0 Å². The lowest BCUT2D eigenvalue weighted by atomic mass is 9.83. The molecule has 1 atom stereocenters. The van der Waals surface area contributed by atoms with Crippen LogP contribution < -0.4 is 19.9 Å². The Bertz CT molecular complexity index is 1500. The predicted molar refractivity (Wildman–Crippen MR) is 132 cm³/mol. The molecule has 0 bridgehead atoms. The Labute approximate surface area is 211 Å². The average Bonchev–Trinajstić information content (AvgIpc) is 3.43. The lowest BCUT2D eigenvalue weighted by molar-refractivity contribution is 0.0701. The maximum Gasteiger partial charge on any atom is 0.379 e. The quantitative estimate of drug-likeness (QED) is 0.258. The third kappa shape index (κ3) is 4.63. The maximum absolute atomic E-state index is 12.3. The zero-order valence-electron chi connectivity index (χ0n) is 18.8. The Hall–Kier alpha value is -4.67. The van der Waals surface area contributed by atoms with Gasteiger partial charge in [-0.3, -0.25) is 0 Å². The van der Waals surface area contributed by atoms with Gasteiger partial charge in [0.05, 0.1) is 12.2 Å². The van der Waals surface area contributed by atoms with Gasteiger partial charge in [-0.15, -0.1) is 0 Å². The summed E-state index contributed by atoms with van der Waals surface area (Å²) in [5, 5.41) is 10.5. The van der Waals surface area contributed by atoms with Gasteiger partial charge in [0, 0.05) is 22.2 Å². The summed E-state index contributed by atoms with van der Waals surface area (Å²) in [7, 11) is 0. The van der Waals surface area contributed by atoms with Crippen LogP contribution in [0.5, 0.6) is 17.2 Å². The van der Waals surface area contributed by atoms with Crippen molar-refractivity contribution >= 4 is 17.6 Å². The van der Waals surface area contributed by atoms with Crippen molar-refractivity contribution in [1.29, 1.82) is 5.26 Å². The summed E-state index contributed by atoms with van der Waals surface area (Å²) in [5.74, 6) is 0.149. The number of rotatable bonds is 6. The van der Waals surface area contributed by atoms with E-state index in [0.29, 0.717) is 28.7 Å². The first-order valence-corrected chi connectivity index (χ1v) is 11.3. The molecule has 2 N–H and O–H groups in total. The lowest BCUT2D eigenvalue weighted by Gasteiger charge is -2.27. The molecule has 0 saturated carbocycles. The van der Waals surface area contributed by atoms with Gasteiger partial charge in [-0.2, -0.15) is 5.26 Å². The van der Waals surface area contributed by atoms with Crippen LogP contribution in [0.4, 0.5) is 0 Å². The van der Waals surface area contributed by atoms with Gasteiger partial charge in [0.15, 0.2) is 0 Å². The van der Waals surface area contributed by atoms with E-state index in [0.717, 1.165) is 11.1 Å². The minimum absolute atomic E-state index is 0.0214. The van der Waals surface area contributed by atoms with Crippen LogP contribution in [0, 0.1) is 11.3 Å². The van der Waals surface area contributed by atoms with Crippen molar-refractivity contribution in [2.24, 2.45) is 5.73 Å². The van der Waals surface area contributed by atoms with E-state index >= 15 is 0 Å². The second kappa shape index (κ2) is 9.90. The first kappa shape index (κ1) is 23.1. The zero-order valence-corrected chi connectivity index (χ0v) is 19.6. The minimum Gasteiger partial charge on any atom is -0.489 e. The molecule has 5 rings (SSSR count). The molecule has 0 fully saturated rings. The van der Waals surface area contributed by atoms with Crippen LogP contribution in [0.25, 0.3) is 0 Å². The van der Waals surface area contributed by atoms with E-state index in [-0.39, 0.29) is 23.0 Å². The summed E-state index contributed by atoms with van der Waals surface area (Å²) >= 11 is 6.24. The highest BCUT2D eigenvalue weighted by Crippen LogP contribution is 2.44. The van der Waals surface area contributed by atoms with Gasteiger partial charge in [-0.25, -0.2) is 4.79 Å². The summed E-state index contributed by atoms with van der Waals surface area (Å²) in [6.07, 6.45) is 1.39. The number of esters is 1. The number of hydrogen-bond acceptors (Lipinski definition) is 7. The number of nitriles is 1. The molecule has 178 valence electrons. The van der Waals surface area contributed by atoms with Gasteiger partial charge >= 0.3 is 5.97 Å². The summed E-state index contributed by atoms with van der Waals surface area (Å²) in [6, 6.07) is 25.1. The standard InChI is InChI=1S/C28H19ClN2O5/c29-23-8-2-1-5-18(23)16-34-19-7-3-6-17(13-19)26-21-11-10-20(35-28(32)24-9-4-12-33-24)14-25(21)36-27(31)22(26)15-30/h1-14,26H,16,31H2. The van der Waals surface area contributed by atoms with Crippen LogP contribution in [0.1, 0.15) is 33.2 Å². The molecule has 1 aliphatic rings. The molecule has 1 aromatic heterocycles. The third-order valence-electron chi connectivity index (χ3n) is 5.67. The van der Waals surface area contributed by atoms with E-state index in [1.165, 1.54) is 12.3 Å². The molecule has 4 aromatic rings. The molecule has 0 amide bonds. The largest absolute Gasteiger partial charge is 0.489 e. The third-order valence-corrected chi connectivity index (χ3v) is 6.04. The number of carbonyl (C=O) groups is 1. The monoisotopic (exact) mass is 498 g/mol. The molecule has 0 aliphatic carbocycles. The lowest BCUT2D eigenvalue weighted by Crippen LogP contribution is -2.21. The molecular formula is C28H19ClN2O5.